The number of aliphatic hydroxyl groups is 1. The summed E-state index contributed by atoms with van der Waals surface area (Å²) in [6, 6.07) is 12.5. The van der Waals surface area contributed by atoms with E-state index in [9.17, 15) is 14.7 Å². The summed E-state index contributed by atoms with van der Waals surface area (Å²) in [4.78, 5) is 27.5. The van der Waals surface area contributed by atoms with Gasteiger partial charge < -0.3 is 14.7 Å². The molecule has 1 unspecified atom stereocenters. The summed E-state index contributed by atoms with van der Waals surface area (Å²) in [5, 5.41) is 11.2. The lowest BCUT2D eigenvalue weighted by Crippen LogP contribution is -2.30. The molecular weight excluding hydrogens is 378 g/mol. The molecule has 1 amide bonds. The normalized spacial score (nSPS) is 18.1. The monoisotopic (exact) mass is 407 g/mol. The van der Waals surface area contributed by atoms with Gasteiger partial charge in [-0.15, -0.1) is 0 Å². The lowest BCUT2D eigenvalue weighted by Gasteiger charge is -2.25. The number of aliphatic hydroxyl groups excluding tert-OH is 1. The Morgan fingerprint density at radius 3 is 2.57 bits per heavy atom. The standard InChI is InChI=1S/C25H29NO4/c1-5-7-13-26-22(18-9-8-10-19(15-18)30-6-2)21(24(28)25(26)29)23(27)20-14-16(3)11-12-17(20)4/h8-12,14-15,22,27H,5-7,13H2,1-4H3/b23-21+. The molecule has 0 bridgehead atoms. The lowest BCUT2D eigenvalue weighted by atomic mass is 9.93. The molecule has 0 radical (unpaired) electrons. The summed E-state index contributed by atoms with van der Waals surface area (Å²) in [6.07, 6.45) is 1.67. The Morgan fingerprint density at radius 1 is 1.10 bits per heavy atom. The van der Waals surface area contributed by atoms with Crippen LogP contribution in [0.15, 0.2) is 48.0 Å². The van der Waals surface area contributed by atoms with Crippen molar-refractivity contribution in [2.75, 3.05) is 13.2 Å². The maximum Gasteiger partial charge on any atom is 0.295 e. The van der Waals surface area contributed by atoms with Crippen LogP contribution in [0.2, 0.25) is 0 Å². The fraction of sp³-hybridized carbons (Fsp3) is 0.360. The number of unbranched alkanes of at least 4 members (excludes halogenated alkanes) is 1. The van der Waals surface area contributed by atoms with Gasteiger partial charge in [-0.3, -0.25) is 9.59 Å². The van der Waals surface area contributed by atoms with Crippen LogP contribution in [0, 0.1) is 13.8 Å². The van der Waals surface area contributed by atoms with Crippen molar-refractivity contribution < 1.29 is 19.4 Å². The third-order valence-corrected chi connectivity index (χ3v) is 5.43. The van der Waals surface area contributed by atoms with E-state index in [0.29, 0.717) is 24.5 Å². The van der Waals surface area contributed by atoms with Crippen molar-refractivity contribution >= 4 is 17.4 Å². The zero-order valence-electron chi connectivity index (χ0n) is 18.1. The number of nitrogens with zero attached hydrogens (tertiary/aromatic N) is 1. The maximum atomic E-state index is 13.0. The Labute approximate surface area is 178 Å². The number of ether oxygens (including phenoxy) is 1. The van der Waals surface area contributed by atoms with Crippen LogP contribution < -0.4 is 4.74 Å². The molecule has 5 heteroatoms. The first kappa shape index (κ1) is 21.6. The molecule has 5 nitrogen and oxygen atoms in total. The van der Waals surface area contributed by atoms with Crippen molar-refractivity contribution in [3.05, 3.63) is 70.3 Å². The highest BCUT2D eigenvalue weighted by Gasteiger charge is 2.45. The quantitative estimate of drug-likeness (QED) is 0.402. The summed E-state index contributed by atoms with van der Waals surface area (Å²) in [6.45, 7) is 8.72. The Balaban J connectivity index is 2.20. The summed E-state index contributed by atoms with van der Waals surface area (Å²) in [5.41, 5.74) is 3.29. The molecule has 3 rings (SSSR count). The zero-order valence-corrected chi connectivity index (χ0v) is 18.1. The first-order valence-corrected chi connectivity index (χ1v) is 10.5. The van der Waals surface area contributed by atoms with E-state index in [1.807, 2.05) is 70.2 Å². The second-order valence-electron chi connectivity index (χ2n) is 7.67. The van der Waals surface area contributed by atoms with Crippen molar-refractivity contribution in [3.63, 3.8) is 0 Å². The molecule has 1 aliphatic heterocycles. The van der Waals surface area contributed by atoms with E-state index in [2.05, 4.69) is 0 Å². The van der Waals surface area contributed by atoms with Gasteiger partial charge in [0.25, 0.3) is 11.7 Å². The van der Waals surface area contributed by atoms with Gasteiger partial charge >= 0.3 is 0 Å². The molecule has 1 atom stereocenters. The molecule has 1 fully saturated rings. The molecule has 0 aromatic heterocycles. The first-order valence-electron chi connectivity index (χ1n) is 10.5. The molecular formula is C25H29NO4. The molecule has 1 heterocycles. The van der Waals surface area contributed by atoms with Gasteiger partial charge in [0, 0.05) is 12.1 Å². The van der Waals surface area contributed by atoms with E-state index < -0.39 is 17.7 Å². The minimum atomic E-state index is -0.642. The highest BCUT2D eigenvalue weighted by molar-refractivity contribution is 6.46. The largest absolute Gasteiger partial charge is 0.507 e. The van der Waals surface area contributed by atoms with E-state index in [4.69, 9.17) is 4.74 Å². The topological polar surface area (TPSA) is 66.8 Å². The molecule has 30 heavy (non-hydrogen) atoms. The number of rotatable bonds is 7. The number of ketones is 1. The van der Waals surface area contributed by atoms with Gasteiger partial charge in [-0.1, -0.05) is 43.2 Å². The molecule has 2 aromatic rings. The van der Waals surface area contributed by atoms with Crippen LogP contribution in [0.4, 0.5) is 0 Å². The fourth-order valence-electron chi connectivity index (χ4n) is 3.86. The van der Waals surface area contributed by atoms with Gasteiger partial charge in [-0.2, -0.15) is 0 Å². The predicted octanol–water partition coefficient (Wildman–Crippen LogP) is 4.92. The molecule has 1 aliphatic rings. The van der Waals surface area contributed by atoms with Crippen LogP contribution >= 0.6 is 0 Å². The summed E-state index contributed by atoms with van der Waals surface area (Å²) in [7, 11) is 0. The van der Waals surface area contributed by atoms with Gasteiger partial charge in [0.05, 0.1) is 18.2 Å². The van der Waals surface area contributed by atoms with E-state index in [1.54, 1.807) is 4.90 Å². The van der Waals surface area contributed by atoms with Crippen molar-refractivity contribution in [1.82, 2.24) is 4.90 Å². The van der Waals surface area contributed by atoms with Crippen molar-refractivity contribution in [3.8, 4) is 5.75 Å². The smallest absolute Gasteiger partial charge is 0.295 e. The minimum absolute atomic E-state index is 0.125. The average Bonchev–Trinajstić information content (AvgIpc) is 2.98. The number of Topliss-reactive ketones (excluding diaryl/α,β-unsaturated/α-hetero) is 1. The van der Waals surface area contributed by atoms with Gasteiger partial charge in [-0.05, 0) is 56.5 Å². The second kappa shape index (κ2) is 9.16. The van der Waals surface area contributed by atoms with Crippen molar-refractivity contribution in [2.24, 2.45) is 0 Å². The molecule has 1 N–H and O–H groups in total. The van der Waals surface area contributed by atoms with Crippen LogP contribution in [0.25, 0.3) is 5.76 Å². The Hall–Kier alpha value is -3.08. The highest BCUT2D eigenvalue weighted by atomic mass is 16.5. The summed E-state index contributed by atoms with van der Waals surface area (Å²) < 4.78 is 5.62. The van der Waals surface area contributed by atoms with Crippen molar-refractivity contribution in [1.29, 1.82) is 0 Å². The molecule has 158 valence electrons. The third-order valence-electron chi connectivity index (χ3n) is 5.43. The number of hydrogen-bond acceptors (Lipinski definition) is 4. The van der Waals surface area contributed by atoms with E-state index in [0.717, 1.165) is 29.5 Å². The van der Waals surface area contributed by atoms with Crippen LogP contribution in [0.1, 0.15) is 55.0 Å². The van der Waals surface area contributed by atoms with Gasteiger partial charge in [0.15, 0.2) is 0 Å². The van der Waals surface area contributed by atoms with Crippen LogP contribution in [0.5, 0.6) is 5.75 Å². The summed E-state index contributed by atoms with van der Waals surface area (Å²) in [5.74, 6) is -0.665. The number of carbonyl (C=O) groups excluding carboxylic acids is 2. The average molecular weight is 408 g/mol. The maximum absolute atomic E-state index is 13.0. The third kappa shape index (κ3) is 4.11. The molecule has 2 aromatic carbocycles. The second-order valence-corrected chi connectivity index (χ2v) is 7.67. The lowest BCUT2D eigenvalue weighted by molar-refractivity contribution is -0.139. The van der Waals surface area contributed by atoms with Gasteiger partial charge in [0.2, 0.25) is 0 Å². The number of benzene rings is 2. The first-order chi connectivity index (χ1) is 14.4. The molecule has 0 spiro atoms. The van der Waals surface area contributed by atoms with Crippen molar-refractivity contribution in [2.45, 2.75) is 46.6 Å². The number of carbonyl (C=O) groups is 2. The Kier molecular flexibility index (Phi) is 6.60. The highest BCUT2D eigenvalue weighted by Crippen LogP contribution is 2.40. The van der Waals surface area contributed by atoms with Gasteiger partial charge in [0.1, 0.15) is 11.5 Å². The number of hydrogen-bond donors (Lipinski definition) is 1. The SMILES string of the molecule is CCCCN1C(=O)C(=O)/C(=C(/O)c2cc(C)ccc2C)C1c1cccc(OCC)c1. The number of aryl methyl sites for hydroxylation is 2. The Bertz CT molecular complexity index is 992. The number of likely N-dealkylation sites (tertiary alicyclic amines) is 1. The summed E-state index contributed by atoms with van der Waals surface area (Å²) >= 11 is 0. The zero-order chi connectivity index (χ0) is 21.8. The fourth-order valence-corrected chi connectivity index (χ4v) is 3.86. The molecule has 0 saturated carbocycles. The van der Waals surface area contributed by atoms with Crippen LogP contribution in [-0.2, 0) is 9.59 Å². The predicted molar refractivity (Wildman–Crippen MR) is 117 cm³/mol. The minimum Gasteiger partial charge on any atom is -0.507 e. The van der Waals surface area contributed by atoms with E-state index >= 15 is 0 Å². The van der Waals surface area contributed by atoms with E-state index in [-0.39, 0.29) is 11.3 Å². The van der Waals surface area contributed by atoms with E-state index in [1.165, 1.54) is 0 Å². The number of amides is 1. The molecule has 1 saturated heterocycles. The molecule has 0 aliphatic carbocycles. The van der Waals surface area contributed by atoms with Gasteiger partial charge in [-0.25, -0.2) is 0 Å². The Morgan fingerprint density at radius 2 is 1.87 bits per heavy atom. The van der Waals surface area contributed by atoms with Crippen LogP contribution in [0.3, 0.4) is 0 Å². The van der Waals surface area contributed by atoms with Crippen LogP contribution in [-0.4, -0.2) is 34.8 Å².